The van der Waals surface area contributed by atoms with E-state index in [1.54, 1.807) is 11.3 Å². The highest BCUT2D eigenvalue weighted by Crippen LogP contribution is 2.37. The average molecular weight is 294 g/mol. The van der Waals surface area contributed by atoms with Gasteiger partial charge in [-0.3, -0.25) is 4.79 Å². The van der Waals surface area contributed by atoms with Gasteiger partial charge >= 0.3 is 0 Å². The fraction of sp³-hybridized carbons (Fsp3) is 0.688. The Labute approximate surface area is 125 Å². The molecule has 0 radical (unpaired) electrons. The zero-order valence-corrected chi connectivity index (χ0v) is 13.1. The molecule has 0 aromatic carbocycles. The van der Waals surface area contributed by atoms with Crippen LogP contribution in [0.5, 0.6) is 0 Å². The van der Waals surface area contributed by atoms with Crippen LogP contribution in [0.2, 0.25) is 0 Å². The summed E-state index contributed by atoms with van der Waals surface area (Å²) in [6, 6.07) is 4.40. The topological polar surface area (TPSA) is 55.1 Å². The highest BCUT2D eigenvalue weighted by atomic mass is 32.1. The van der Waals surface area contributed by atoms with Gasteiger partial charge in [0.15, 0.2) is 0 Å². The van der Waals surface area contributed by atoms with E-state index in [1.807, 2.05) is 0 Å². The van der Waals surface area contributed by atoms with Crippen LogP contribution in [0.3, 0.4) is 0 Å². The van der Waals surface area contributed by atoms with Crippen molar-refractivity contribution in [3.8, 4) is 0 Å². The van der Waals surface area contributed by atoms with Crippen molar-refractivity contribution in [1.82, 2.24) is 5.32 Å². The van der Waals surface area contributed by atoms with Crippen molar-refractivity contribution in [2.45, 2.75) is 51.5 Å². The van der Waals surface area contributed by atoms with Crippen molar-refractivity contribution in [3.63, 3.8) is 0 Å². The molecule has 3 nitrogen and oxygen atoms in total. The predicted molar refractivity (Wildman–Crippen MR) is 84.6 cm³/mol. The van der Waals surface area contributed by atoms with E-state index in [9.17, 15) is 4.79 Å². The predicted octanol–water partition coefficient (Wildman–Crippen LogP) is 3.47. The zero-order valence-electron chi connectivity index (χ0n) is 12.3. The first-order valence-corrected chi connectivity index (χ1v) is 8.68. The summed E-state index contributed by atoms with van der Waals surface area (Å²) in [6.07, 6.45) is 6.91. The standard InChI is InChI=1S/C16H26N2OS/c1-2-6-13(11-17)16(19)18-15(12-7-3-4-8-12)14-9-5-10-20-14/h5,9-10,12-13,15H,2-4,6-8,11,17H2,1H3,(H,18,19). The highest BCUT2D eigenvalue weighted by Gasteiger charge is 2.29. The third kappa shape index (κ3) is 3.83. The minimum absolute atomic E-state index is 0.0381. The van der Waals surface area contributed by atoms with Crippen LogP contribution in [0, 0.1) is 11.8 Å². The smallest absolute Gasteiger partial charge is 0.224 e. The Morgan fingerprint density at radius 1 is 1.50 bits per heavy atom. The summed E-state index contributed by atoms with van der Waals surface area (Å²) in [6.45, 7) is 2.55. The maximum absolute atomic E-state index is 12.4. The third-order valence-electron chi connectivity index (χ3n) is 4.31. The first-order valence-electron chi connectivity index (χ1n) is 7.80. The first kappa shape index (κ1) is 15.5. The average Bonchev–Trinajstić information content (AvgIpc) is 3.14. The Morgan fingerprint density at radius 3 is 2.80 bits per heavy atom. The molecular formula is C16H26N2OS. The SMILES string of the molecule is CCCC(CN)C(=O)NC(c1cccs1)C1CCCC1. The number of amides is 1. The van der Waals surface area contributed by atoms with E-state index in [-0.39, 0.29) is 17.9 Å². The van der Waals surface area contributed by atoms with Gasteiger partial charge in [-0.25, -0.2) is 0 Å². The second-order valence-electron chi connectivity index (χ2n) is 5.77. The van der Waals surface area contributed by atoms with Crippen molar-refractivity contribution in [2.24, 2.45) is 17.6 Å². The summed E-state index contributed by atoms with van der Waals surface area (Å²) in [5, 5.41) is 5.38. The van der Waals surface area contributed by atoms with Crippen molar-refractivity contribution in [1.29, 1.82) is 0 Å². The minimum atomic E-state index is -0.0381. The fourth-order valence-corrected chi connectivity index (χ4v) is 4.03. The summed E-state index contributed by atoms with van der Waals surface area (Å²) in [5.41, 5.74) is 5.75. The van der Waals surface area contributed by atoms with Crippen LogP contribution < -0.4 is 11.1 Å². The van der Waals surface area contributed by atoms with Gasteiger partial charge in [-0.15, -0.1) is 11.3 Å². The van der Waals surface area contributed by atoms with Gasteiger partial charge in [0.05, 0.1) is 12.0 Å². The summed E-state index contributed by atoms with van der Waals surface area (Å²) in [5.74, 6) is 0.696. The molecule has 0 bridgehead atoms. The van der Waals surface area contributed by atoms with E-state index in [1.165, 1.54) is 30.6 Å². The Hall–Kier alpha value is -0.870. The summed E-state index contributed by atoms with van der Waals surface area (Å²) in [4.78, 5) is 13.7. The molecule has 1 aromatic rings. The number of nitrogens with two attached hydrogens (primary N) is 1. The van der Waals surface area contributed by atoms with Crippen LogP contribution >= 0.6 is 11.3 Å². The number of hydrogen-bond acceptors (Lipinski definition) is 3. The monoisotopic (exact) mass is 294 g/mol. The maximum Gasteiger partial charge on any atom is 0.224 e. The number of carbonyl (C=O) groups is 1. The Morgan fingerprint density at radius 2 is 2.25 bits per heavy atom. The Kier molecular flexibility index (Phi) is 6.05. The Bertz CT molecular complexity index is 399. The molecule has 112 valence electrons. The van der Waals surface area contributed by atoms with Crippen molar-refractivity contribution >= 4 is 17.2 Å². The summed E-state index contributed by atoms with van der Waals surface area (Å²) < 4.78 is 0. The quantitative estimate of drug-likeness (QED) is 0.809. The lowest BCUT2D eigenvalue weighted by Crippen LogP contribution is -2.39. The van der Waals surface area contributed by atoms with Gasteiger partial charge in [0.2, 0.25) is 5.91 Å². The van der Waals surface area contributed by atoms with Gasteiger partial charge in [-0.2, -0.15) is 0 Å². The largest absolute Gasteiger partial charge is 0.348 e. The summed E-state index contributed by atoms with van der Waals surface area (Å²) in [7, 11) is 0. The van der Waals surface area contributed by atoms with Crippen molar-refractivity contribution in [3.05, 3.63) is 22.4 Å². The van der Waals surface area contributed by atoms with E-state index < -0.39 is 0 Å². The van der Waals surface area contributed by atoms with Crippen molar-refractivity contribution in [2.75, 3.05) is 6.54 Å². The molecule has 1 saturated carbocycles. The number of hydrogen-bond donors (Lipinski definition) is 2. The van der Waals surface area contributed by atoms with E-state index in [4.69, 9.17) is 5.73 Å². The first-order chi connectivity index (χ1) is 9.76. The molecule has 2 atom stereocenters. The number of carbonyl (C=O) groups excluding carboxylic acids is 1. The molecule has 1 aliphatic rings. The molecule has 1 heterocycles. The zero-order chi connectivity index (χ0) is 14.4. The molecule has 1 aliphatic carbocycles. The van der Waals surface area contributed by atoms with Gasteiger partial charge in [0.1, 0.15) is 0 Å². The molecular weight excluding hydrogens is 268 g/mol. The van der Waals surface area contributed by atoms with Crippen LogP contribution in [0.4, 0.5) is 0 Å². The van der Waals surface area contributed by atoms with E-state index in [0.717, 1.165) is 12.8 Å². The lowest BCUT2D eigenvalue weighted by molar-refractivity contribution is -0.126. The number of rotatable bonds is 7. The maximum atomic E-state index is 12.4. The molecule has 1 aromatic heterocycles. The van der Waals surface area contributed by atoms with E-state index >= 15 is 0 Å². The van der Waals surface area contributed by atoms with Gasteiger partial charge in [0, 0.05) is 11.4 Å². The molecule has 0 aliphatic heterocycles. The molecule has 1 amide bonds. The van der Waals surface area contributed by atoms with Gasteiger partial charge < -0.3 is 11.1 Å². The van der Waals surface area contributed by atoms with Crippen LogP contribution in [0.1, 0.15) is 56.4 Å². The number of nitrogens with one attached hydrogen (secondary N) is 1. The third-order valence-corrected chi connectivity index (χ3v) is 5.27. The normalized spacial score (nSPS) is 18.9. The highest BCUT2D eigenvalue weighted by molar-refractivity contribution is 7.10. The van der Waals surface area contributed by atoms with Crippen LogP contribution in [0.25, 0.3) is 0 Å². The Balaban J connectivity index is 2.05. The molecule has 20 heavy (non-hydrogen) atoms. The molecule has 2 unspecified atom stereocenters. The molecule has 0 spiro atoms. The lowest BCUT2D eigenvalue weighted by Gasteiger charge is -2.26. The lowest BCUT2D eigenvalue weighted by atomic mass is 9.95. The molecule has 3 N–H and O–H groups in total. The molecule has 0 saturated heterocycles. The molecule has 1 fully saturated rings. The van der Waals surface area contributed by atoms with Gasteiger partial charge in [0.25, 0.3) is 0 Å². The van der Waals surface area contributed by atoms with Crippen LogP contribution in [-0.4, -0.2) is 12.5 Å². The summed E-state index contributed by atoms with van der Waals surface area (Å²) >= 11 is 1.75. The molecule has 2 rings (SSSR count). The van der Waals surface area contributed by atoms with Crippen LogP contribution in [-0.2, 0) is 4.79 Å². The minimum Gasteiger partial charge on any atom is -0.348 e. The molecule has 4 heteroatoms. The van der Waals surface area contributed by atoms with Crippen LogP contribution in [0.15, 0.2) is 17.5 Å². The second kappa shape index (κ2) is 7.79. The van der Waals surface area contributed by atoms with Crippen molar-refractivity contribution < 1.29 is 4.79 Å². The van der Waals surface area contributed by atoms with E-state index in [2.05, 4.69) is 29.8 Å². The van der Waals surface area contributed by atoms with E-state index in [0.29, 0.717) is 12.5 Å². The number of thiophene rings is 1. The fourth-order valence-electron chi connectivity index (χ4n) is 3.16. The van der Waals surface area contributed by atoms with Gasteiger partial charge in [-0.05, 0) is 36.6 Å². The van der Waals surface area contributed by atoms with Gasteiger partial charge in [-0.1, -0.05) is 32.3 Å². The second-order valence-corrected chi connectivity index (χ2v) is 6.75.